The van der Waals surface area contributed by atoms with Crippen molar-refractivity contribution in [3.63, 3.8) is 0 Å². The lowest BCUT2D eigenvalue weighted by Gasteiger charge is -2.19. The van der Waals surface area contributed by atoms with Crippen LogP contribution in [0.4, 0.5) is 18.9 Å². The van der Waals surface area contributed by atoms with Gasteiger partial charge < -0.3 is 10.6 Å². The van der Waals surface area contributed by atoms with Crippen molar-refractivity contribution in [3.05, 3.63) is 75.3 Å². The molecule has 0 aliphatic rings. The number of aliphatic imine (C=N–C) groups is 1. The predicted molar refractivity (Wildman–Crippen MR) is 96.3 cm³/mol. The van der Waals surface area contributed by atoms with E-state index in [2.05, 4.69) is 15.6 Å². The van der Waals surface area contributed by atoms with Crippen molar-refractivity contribution in [1.29, 1.82) is 0 Å². The van der Waals surface area contributed by atoms with Gasteiger partial charge in [-0.3, -0.25) is 15.1 Å². The Balaban J connectivity index is 1.99. The topological polar surface area (TPSA) is 79.6 Å². The smallest absolute Gasteiger partial charge is 0.352 e. The van der Waals surface area contributed by atoms with E-state index in [9.17, 15) is 23.3 Å². The van der Waals surface area contributed by atoms with Crippen LogP contribution in [0.2, 0.25) is 0 Å². The number of rotatable bonds is 5. The van der Waals surface area contributed by atoms with E-state index in [0.717, 1.165) is 17.7 Å². The van der Waals surface area contributed by atoms with Gasteiger partial charge in [0.25, 0.3) is 5.69 Å². The van der Waals surface area contributed by atoms with Crippen LogP contribution in [0.1, 0.15) is 29.7 Å². The van der Waals surface area contributed by atoms with Gasteiger partial charge in [0.2, 0.25) is 0 Å². The summed E-state index contributed by atoms with van der Waals surface area (Å²) in [5, 5.41) is 16.7. The van der Waals surface area contributed by atoms with Gasteiger partial charge in [-0.25, -0.2) is 0 Å². The van der Waals surface area contributed by atoms with Crippen LogP contribution < -0.4 is 10.6 Å². The fourth-order valence-corrected chi connectivity index (χ4v) is 2.39. The molecule has 0 heterocycles. The van der Waals surface area contributed by atoms with Crippen molar-refractivity contribution < 1.29 is 18.1 Å². The quantitative estimate of drug-likeness (QED) is 0.355. The first-order chi connectivity index (χ1) is 12.7. The molecule has 2 aromatic rings. The van der Waals surface area contributed by atoms with Crippen LogP contribution >= 0.6 is 0 Å². The first-order valence-electron chi connectivity index (χ1n) is 8.08. The molecule has 144 valence electrons. The number of nitrogens with zero attached hydrogens (tertiary/aromatic N) is 2. The van der Waals surface area contributed by atoms with Gasteiger partial charge in [0.15, 0.2) is 5.96 Å². The average Bonchev–Trinajstić information content (AvgIpc) is 2.64. The lowest BCUT2D eigenvalue weighted by Crippen LogP contribution is -2.38. The second kappa shape index (κ2) is 8.52. The molecule has 0 aliphatic carbocycles. The third kappa shape index (κ3) is 5.70. The van der Waals surface area contributed by atoms with Crippen molar-refractivity contribution >= 4 is 11.6 Å². The number of benzene rings is 2. The number of hydrogen-bond donors (Lipinski definition) is 2. The van der Waals surface area contributed by atoms with Gasteiger partial charge in [-0.05, 0) is 30.2 Å². The monoisotopic (exact) mass is 380 g/mol. The second-order valence-corrected chi connectivity index (χ2v) is 5.84. The number of nitro groups is 1. The number of halogens is 3. The molecule has 2 N–H and O–H groups in total. The van der Waals surface area contributed by atoms with Crippen LogP contribution in [-0.4, -0.2) is 17.9 Å². The molecule has 0 amide bonds. The standard InChI is InChI=1S/C18H19F3N4O2/c1-12(14-4-3-5-15(10-14)18(19,20)21)24-17(22-2)23-11-13-6-8-16(9-7-13)25(26)27/h3-10,12H,11H2,1-2H3,(H2,22,23,24). The van der Waals surface area contributed by atoms with E-state index in [1.807, 2.05) is 0 Å². The fourth-order valence-electron chi connectivity index (χ4n) is 2.39. The van der Waals surface area contributed by atoms with Crippen LogP contribution in [0.25, 0.3) is 0 Å². The Morgan fingerprint density at radius 1 is 1.22 bits per heavy atom. The minimum Gasteiger partial charge on any atom is -0.352 e. The molecule has 0 saturated carbocycles. The maximum atomic E-state index is 12.8. The van der Waals surface area contributed by atoms with Crippen LogP contribution in [0.3, 0.4) is 0 Å². The molecule has 6 nitrogen and oxygen atoms in total. The summed E-state index contributed by atoms with van der Waals surface area (Å²) in [6, 6.07) is 10.7. The number of hydrogen-bond acceptors (Lipinski definition) is 3. The number of guanidine groups is 1. The Kier molecular flexibility index (Phi) is 6.38. The highest BCUT2D eigenvalue weighted by molar-refractivity contribution is 5.80. The molecule has 0 fully saturated rings. The molecule has 0 bridgehead atoms. The van der Waals surface area contributed by atoms with Crippen LogP contribution in [0.15, 0.2) is 53.5 Å². The fraction of sp³-hybridized carbons (Fsp3) is 0.278. The van der Waals surface area contributed by atoms with Crippen LogP contribution in [0, 0.1) is 10.1 Å². The van der Waals surface area contributed by atoms with Crippen molar-refractivity contribution in [1.82, 2.24) is 10.6 Å². The number of alkyl halides is 3. The van der Waals surface area contributed by atoms with Gasteiger partial charge in [-0.15, -0.1) is 0 Å². The third-order valence-electron chi connectivity index (χ3n) is 3.90. The number of nitrogens with one attached hydrogen (secondary N) is 2. The average molecular weight is 380 g/mol. The molecule has 1 atom stereocenters. The number of non-ortho nitro benzene ring substituents is 1. The maximum absolute atomic E-state index is 12.8. The van der Waals surface area contributed by atoms with Gasteiger partial charge in [-0.2, -0.15) is 13.2 Å². The molecule has 2 rings (SSSR count). The Morgan fingerprint density at radius 2 is 1.89 bits per heavy atom. The normalized spacial score (nSPS) is 13.1. The zero-order chi connectivity index (χ0) is 20.0. The Morgan fingerprint density at radius 3 is 2.44 bits per heavy atom. The molecule has 0 spiro atoms. The van der Waals surface area contributed by atoms with E-state index in [-0.39, 0.29) is 5.69 Å². The largest absolute Gasteiger partial charge is 0.416 e. The first-order valence-corrected chi connectivity index (χ1v) is 8.08. The first kappa shape index (κ1) is 20.2. The third-order valence-corrected chi connectivity index (χ3v) is 3.90. The van der Waals surface area contributed by atoms with Gasteiger partial charge in [-0.1, -0.05) is 24.3 Å². The van der Waals surface area contributed by atoms with E-state index in [1.165, 1.54) is 18.2 Å². The molecule has 9 heteroatoms. The minimum atomic E-state index is -4.40. The molecule has 2 aromatic carbocycles. The van der Waals surface area contributed by atoms with Crippen molar-refractivity contribution in [2.24, 2.45) is 4.99 Å². The lowest BCUT2D eigenvalue weighted by molar-refractivity contribution is -0.384. The zero-order valence-corrected chi connectivity index (χ0v) is 14.7. The zero-order valence-electron chi connectivity index (χ0n) is 14.7. The summed E-state index contributed by atoms with van der Waals surface area (Å²) in [5.41, 5.74) is 0.570. The highest BCUT2D eigenvalue weighted by Gasteiger charge is 2.30. The molecule has 27 heavy (non-hydrogen) atoms. The number of nitro benzene ring substituents is 1. The van der Waals surface area contributed by atoms with Crippen molar-refractivity contribution in [2.45, 2.75) is 25.7 Å². The highest BCUT2D eigenvalue weighted by Crippen LogP contribution is 2.30. The van der Waals surface area contributed by atoms with Gasteiger partial charge in [0.1, 0.15) is 0 Å². The van der Waals surface area contributed by atoms with E-state index in [4.69, 9.17) is 0 Å². The van der Waals surface area contributed by atoms with Crippen LogP contribution in [0.5, 0.6) is 0 Å². The summed E-state index contributed by atoms with van der Waals surface area (Å²) in [4.78, 5) is 14.2. The molecular formula is C18H19F3N4O2. The maximum Gasteiger partial charge on any atom is 0.416 e. The van der Waals surface area contributed by atoms with Crippen LogP contribution in [-0.2, 0) is 12.7 Å². The Bertz CT molecular complexity index is 820. The van der Waals surface area contributed by atoms with Gasteiger partial charge >= 0.3 is 6.18 Å². The lowest BCUT2D eigenvalue weighted by atomic mass is 10.1. The van der Waals surface area contributed by atoms with Gasteiger partial charge in [0.05, 0.1) is 16.5 Å². The summed E-state index contributed by atoms with van der Waals surface area (Å²) in [6.07, 6.45) is -4.40. The second-order valence-electron chi connectivity index (χ2n) is 5.84. The molecule has 0 radical (unpaired) electrons. The van der Waals surface area contributed by atoms with Crippen molar-refractivity contribution in [3.8, 4) is 0 Å². The predicted octanol–water partition coefficient (Wildman–Crippen LogP) is 4.04. The molecule has 0 aliphatic heterocycles. The summed E-state index contributed by atoms with van der Waals surface area (Å²) in [7, 11) is 1.55. The van der Waals surface area contributed by atoms with E-state index in [0.29, 0.717) is 18.1 Å². The Labute approximate surface area is 154 Å². The minimum absolute atomic E-state index is 0.000532. The van der Waals surface area contributed by atoms with Crippen molar-refractivity contribution in [2.75, 3.05) is 7.05 Å². The summed E-state index contributed by atoms with van der Waals surface area (Å²) >= 11 is 0. The van der Waals surface area contributed by atoms with E-state index in [1.54, 1.807) is 32.2 Å². The Hall–Kier alpha value is -3.10. The molecule has 0 aromatic heterocycles. The molecule has 0 saturated heterocycles. The van der Waals surface area contributed by atoms with Gasteiger partial charge in [0, 0.05) is 25.7 Å². The SMILES string of the molecule is CN=C(NCc1ccc([N+](=O)[O-])cc1)NC(C)c1cccc(C(F)(F)F)c1. The molecule has 1 unspecified atom stereocenters. The van der Waals surface area contributed by atoms with E-state index >= 15 is 0 Å². The molecular weight excluding hydrogens is 361 g/mol. The summed E-state index contributed by atoms with van der Waals surface area (Å²) < 4.78 is 38.5. The highest BCUT2D eigenvalue weighted by atomic mass is 19.4. The summed E-state index contributed by atoms with van der Waals surface area (Å²) in [5.74, 6) is 0.401. The summed E-state index contributed by atoms with van der Waals surface area (Å²) in [6.45, 7) is 2.08. The van der Waals surface area contributed by atoms with E-state index < -0.39 is 22.7 Å².